The zero-order chi connectivity index (χ0) is 10.8. The van der Waals surface area contributed by atoms with E-state index in [0.29, 0.717) is 5.92 Å². The number of morpholine rings is 1. The van der Waals surface area contributed by atoms with Crippen molar-refractivity contribution in [3.8, 4) is 0 Å². The van der Waals surface area contributed by atoms with Gasteiger partial charge in [0.1, 0.15) is 0 Å². The molecule has 0 N–H and O–H groups in total. The first-order chi connectivity index (χ1) is 7.15. The van der Waals surface area contributed by atoms with Gasteiger partial charge >= 0.3 is 11.9 Å². The van der Waals surface area contributed by atoms with Crippen molar-refractivity contribution in [1.29, 1.82) is 0 Å². The van der Waals surface area contributed by atoms with Gasteiger partial charge < -0.3 is 9.47 Å². The maximum atomic E-state index is 11.0. The summed E-state index contributed by atoms with van der Waals surface area (Å²) in [7, 11) is 0. The van der Waals surface area contributed by atoms with Crippen molar-refractivity contribution >= 4 is 11.9 Å². The number of hydrogen-bond donors (Lipinski definition) is 0. The van der Waals surface area contributed by atoms with Gasteiger partial charge in [-0.2, -0.15) is 0 Å². The molecule has 0 aliphatic carbocycles. The second-order valence-electron chi connectivity index (χ2n) is 4.14. The minimum atomic E-state index is -0.446. The highest BCUT2D eigenvalue weighted by Gasteiger charge is 2.31. The van der Waals surface area contributed by atoms with E-state index >= 15 is 0 Å². The average molecular weight is 213 g/mol. The Bertz CT molecular complexity index is 263. The van der Waals surface area contributed by atoms with E-state index in [1.165, 1.54) is 0 Å². The molecular weight excluding hydrogens is 198 g/mol. The van der Waals surface area contributed by atoms with Crippen LogP contribution < -0.4 is 0 Å². The summed E-state index contributed by atoms with van der Waals surface area (Å²) >= 11 is 0. The number of rotatable bonds is 2. The molecule has 2 aliphatic rings. The molecule has 2 saturated heterocycles. The smallest absolute Gasteiger partial charge is 0.327 e. The molecule has 0 spiro atoms. The second-order valence-corrected chi connectivity index (χ2v) is 4.14. The van der Waals surface area contributed by atoms with Gasteiger partial charge in [-0.15, -0.1) is 0 Å². The van der Waals surface area contributed by atoms with Gasteiger partial charge in [-0.3, -0.25) is 14.5 Å². The van der Waals surface area contributed by atoms with Crippen molar-refractivity contribution in [1.82, 2.24) is 4.90 Å². The molecule has 2 unspecified atom stereocenters. The molecule has 5 heteroatoms. The Morgan fingerprint density at radius 3 is 2.53 bits per heavy atom. The zero-order valence-electron chi connectivity index (χ0n) is 8.77. The normalized spacial score (nSPS) is 33.1. The number of hydrogen-bond acceptors (Lipinski definition) is 5. The molecule has 0 radical (unpaired) electrons. The summed E-state index contributed by atoms with van der Waals surface area (Å²) in [4.78, 5) is 23.9. The Morgan fingerprint density at radius 1 is 1.33 bits per heavy atom. The fraction of sp³-hybridized carbons (Fsp3) is 0.800. The van der Waals surface area contributed by atoms with Crippen LogP contribution >= 0.6 is 0 Å². The maximum absolute atomic E-state index is 11.0. The molecule has 0 aromatic heterocycles. The number of esters is 2. The van der Waals surface area contributed by atoms with Gasteiger partial charge in [0.05, 0.1) is 19.2 Å². The Balaban J connectivity index is 1.88. The lowest BCUT2D eigenvalue weighted by atomic mass is 10.0. The van der Waals surface area contributed by atoms with Gasteiger partial charge in [-0.1, -0.05) is 0 Å². The second kappa shape index (κ2) is 4.28. The Labute approximate surface area is 88.3 Å². The first kappa shape index (κ1) is 10.6. The first-order valence-corrected chi connectivity index (χ1v) is 5.22. The Hall–Kier alpha value is -0.940. The van der Waals surface area contributed by atoms with Crippen LogP contribution in [0.15, 0.2) is 0 Å². The van der Waals surface area contributed by atoms with Gasteiger partial charge in [0, 0.05) is 13.2 Å². The highest BCUT2D eigenvalue weighted by atomic mass is 16.6. The summed E-state index contributed by atoms with van der Waals surface area (Å²) in [5.41, 5.74) is 0. The summed E-state index contributed by atoms with van der Waals surface area (Å²) in [5.74, 6) is -0.473. The summed E-state index contributed by atoms with van der Waals surface area (Å²) in [6.07, 6.45) is 1.22. The quantitative estimate of drug-likeness (QED) is 0.469. The van der Waals surface area contributed by atoms with Gasteiger partial charge in [-0.25, -0.2) is 0 Å². The summed E-state index contributed by atoms with van der Waals surface area (Å²) in [5, 5.41) is 0. The Morgan fingerprint density at radius 2 is 2.00 bits per heavy atom. The monoisotopic (exact) mass is 213 g/mol. The minimum Gasteiger partial charge on any atom is -0.391 e. The molecule has 0 saturated carbocycles. The standard InChI is InChI=1S/C10H15NO4/c1-7-8(2-3-14-7)4-11-5-9(12)15-10(13)6-11/h7-8H,2-6H2,1H3. The molecule has 15 heavy (non-hydrogen) atoms. The third kappa shape index (κ3) is 2.54. The van der Waals surface area contributed by atoms with Crippen LogP contribution in [0.25, 0.3) is 0 Å². The lowest BCUT2D eigenvalue weighted by molar-refractivity contribution is -0.167. The van der Waals surface area contributed by atoms with Crippen LogP contribution in [0, 0.1) is 5.92 Å². The molecule has 2 rings (SSSR count). The highest BCUT2D eigenvalue weighted by molar-refractivity contribution is 5.90. The van der Waals surface area contributed by atoms with Crippen LogP contribution in [0.3, 0.4) is 0 Å². The van der Waals surface area contributed by atoms with Crippen molar-refractivity contribution in [2.24, 2.45) is 5.92 Å². The van der Waals surface area contributed by atoms with E-state index in [2.05, 4.69) is 4.74 Å². The lowest BCUT2D eigenvalue weighted by Gasteiger charge is -2.27. The van der Waals surface area contributed by atoms with Crippen LogP contribution in [0.1, 0.15) is 13.3 Å². The van der Waals surface area contributed by atoms with Crippen molar-refractivity contribution in [2.75, 3.05) is 26.2 Å². The molecule has 84 valence electrons. The third-order valence-electron chi connectivity index (χ3n) is 2.96. The predicted octanol–water partition coefficient (Wildman–Crippen LogP) is -0.203. The highest BCUT2D eigenvalue weighted by Crippen LogP contribution is 2.21. The number of nitrogens with zero attached hydrogens (tertiary/aromatic N) is 1. The summed E-state index contributed by atoms with van der Waals surface area (Å²) in [6, 6.07) is 0. The molecule has 5 nitrogen and oxygen atoms in total. The van der Waals surface area contributed by atoms with E-state index in [-0.39, 0.29) is 19.2 Å². The van der Waals surface area contributed by atoms with Gasteiger partial charge in [0.15, 0.2) is 0 Å². The lowest BCUT2D eigenvalue weighted by Crippen LogP contribution is -2.45. The zero-order valence-corrected chi connectivity index (χ0v) is 8.77. The van der Waals surface area contributed by atoms with E-state index in [4.69, 9.17) is 4.74 Å². The van der Waals surface area contributed by atoms with Gasteiger partial charge in [-0.05, 0) is 19.3 Å². The molecule has 2 aliphatic heterocycles. The van der Waals surface area contributed by atoms with Crippen molar-refractivity contribution in [3.63, 3.8) is 0 Å². The fourth-order valence-corrected chi connectivity index (χ4v) is 2.09. The molecule has 2 fully saturated rings. The number of carbonyl (C=O) groups is 2. The largest absolute Gasteiger partial charge is 0.391 e. The van der Waals surface area contributed by atoms with Crippen molar-refractivity contribution < 1.29 is 19.1 Å². The van der Waals surface area contributed by atoms with E-state index < -0.39 is 11.9 Å². The minimum absolute atomic E-state index is 0.217. The molecule has 0 amide bonds. The van der Waals surface area contributed by atoms with Crippen LogP contribution in [0.2, 0.25) is 0 Å². The Kier molecular flexibility index (Phi) is 3.02. The third-order valence-corrected chi connectivity index (χ3v) is 2.96. The number of cyclic esters (lactones) is 2. The van der Waals surface area contributed by atoms with Crippen LogP contribution in [0.4, 0.5) is 0 Å². The van der Waals surface area contributed by atoms with Crippen molar-refractivity contribution in [2.45, 2.75) is 19.4 Å². The molecule has 2 atom stereocenters. The van der Waals surface area contributed by atoms with Gasteiger partial charge in [0.25, 0.3) is 0 Å². The molecule has 0 aromatic carbocycles. The molecule has 2 heterocycles. The topological polar surface area (TPSA) is 55.8 Å². The fourth-order valence-electron chi connectivity index (χ4n) is 2.09. The SMILES string of the molecule is CC1OCCC1CN1CC(=O)OC(=O)C1. The predicted molar refractivity (Wildman–Crippen MR) is 51.1 cm³/mol. The summed E-state index contributed by atoms with van der Waals surface area (Å²) < 4.78 is 9.89. The van der Waals surface area contributed by atoms with E-state index in [1.807, 2.05) is 11.8 Å². The molecule has 0 bridgehead atoms. The number of carbonyl (C=O) groups excluding carboxylic acids is 2. The summed E-state index contributed by atoms with van der Waals surface area (Å²) in [6.45, 7) is 3.98. The van der Waals surface area contributed by atoms with Crippen molar-refractivity contribution in [3.05, 3.63) is 0 Å². The van der Waals surface area contributed by atoms with E-state index in [1.54, 1.807) is 0 Å². The average Bonchev–Trinajstić information content (AvgIpc) is 2.50. The van der Waals surface area contributed by atoms with E-state index in [9.17, 15) is 9.59 Å². The van der Waals surface area contributed by atoms with Crippen LogP contribution in [-0.2, 0) is 19.1 Å². The van der Waals surface area contributed by atoms with Gasteiger partial charge in [0.2, 0.25) is 0 Å². The van der Waals surface area contributed by atoms with Crippen LogP contribution in [-0.4, -0.2) is 49.2 Å². The van der Waals surface area contributed by atoms with E-state index in [0.717, 1.165) is 19.6 Å². The van der Waals surface area contributed by atoms with Crippen LogP contribution in [0.5, 0.6) is 0 Å². The number of ether oxygens (including phenoxy) is 2. The first-order valence-electron chi connectivity index (χ1n) is 5.22. The molecule has 0 aromatic rings. The molecular formula is C10H15NO4. The maximum Gasteiger partial charge on any atom is 0.327 e.